The number of methoxy groups -OCH3 is 2. The van der Waals surface area contributed by atoms with Gasteiger partial charge in [-0.2, -0.15) is 0 Å². The van der Waals surface area contributed by atoms with E-state index in [2.05, 4.69) is 52.0 Å². The van der Waals surface area contributed by atoms with E-state index in [1.807, 2.05) is 42.5 Å². The molecule has 0 N–H and O–H groups in total. The molecule has 30 heavy (non-hydrogen) atoms. The number of ether oxygens (including phenoxy) is 2. The average molecular weight is 418 g/mol. The van der Waals surface area contributed by atoms with Crippen LogP contribution in [0.15, 0.2) is 78.0 Å². The Morgan fingerprint density at radius 3 is 2.43 bits per heavy atom. The molecule has 0 saturated carbocycles. The van der Waals surface area contributed by atoms with Crippen molar-refractivity contribution in [2.45, 2.75) is 17.8 Å². The van der Waals surface area contributed by atoms with Crippen LogP contribution in [0.5, 0.6) is 11.5 Å². The van der Waals surface area contributed by atoms with Gasteiger partial charge >= 0.3 is 0 Å². The highest BCUT2D eigenvalue weighted by atomic mass is 32.2. The van der Waals surface area contributed by atoms with Gasteiger partial charge in [0.05, 0.1) is 14.2 Å². The molecule has 0 radical (unpaired) electrons. The average Bonchev–Trinajstić information content (AvgIpc) is 3.22. The lowest BCUT2D eigenvalue weighted by Gasteiger charge is -2.12. The van der Waals surface area contributed by atoms with Gasteiger partial charge in [0.25, 0.3) is 0 Å². The van der Waals surface area contributed by atoms with Gasteiger partial charge in [-0.25, -0.2) is 0 Å². The summed E-state index contributed by atoms with van der Waals surface area (Å²) in [4.78, 5) is 0. The lowest BCUT2D eigenvalue weighted by atomic mass is 10.2. The molecule has 0 fully saturated rings. The van der Waals surface area contributed by atoms with Crippen molar-refractivity contribution >= 4 is 11.8 Å². The van der Waals surface area contributed by atoms with Crippen LogP contribution in [0.2, 0.25) is 0 Å². The summed E-state index contributed by atoms with van der Waals surface area (Å²) >= 11 is 1.63. The molecule has 0 aliphatic rings. The van der Waals surface area contributed by atoms with E-state index >= 15 is 0 Å². The Bertz CT molecular complexity index is 1140. The third kappa shape index (κ3) is 4.19. The molecule has 0 spiro atoms. The lowest BCUT2D eigenvalue weighted by Crippen LogP contribution is -2.00. The van der Waals surface area contributed by atoms with Gasteiger partial charge in [0, 0.05) is 22.6 Å². The number of nitrogens with zero attached hydrogens (tertiary/aromatic N) is 3. The van der Waals surface area contributed by atoms with Crippen LogP contribution in [0.4, 0.5) is 0 Å². The van der Waals surface area contributed by atoms with Gasteiger partial charge in [-0.1, -0.05) is 59.8 Å². The van der Waals surface area contributed by atoms with Gasteiger partial charge in [-0.15, -0.1) is 10.2 Å². The minimum Gasteiger partial charge on any atom is -0.497 e. The maximum absolute atomic E-state index is 5.49. The Labute approximate surface area is 180 Å². The molecule has 1 heterocycles. The number of aryl methyl sites for hydroxylation is 1. The van der Waals surface area contributed by atoms with E-state index in [0.29, 0.717) is 0 Å². The number of thioether (sulfide) groups is 1. The Kier molecular flexibility index (Phi) is 6.05. The zero-order valence-electron chi connectivity index (χ0n) is 17.2. The first-order valence-corrected chi connectivity index (χ1v) is 10.6. The van der Waals surface area contributed by atoms with Crippen molar-refractivity contribution in [3.8, 4) is 28.6 Å². The fraction of sp³-hybridized carbons (Fsp3) is 0.167. The van der Waals surface area contributed by atoms with Crippen molar-refractivity contribution in [3.05, 3.63) is 83.9 Å². The lowest BCUT2D eigenvalue weighted by molar-refractivity contribution is 0.411. The van der Waals surface area contributed by atoms with Crippen molar-refractivity contribution in [1.29, 1.82) is 0 Å². The van der Waals surface area contributed by atoms with Crippen LogP contribution >= 0.6 is 11.8 Å². The van der Waals surface area contributed by atoms with E-state index < -0.39 is 0 Å². The molecular weight excluding hydrogens is 394 g/mol. The Morgan fingerprint density at radius 2 is 1.67 bits per heavy atom. The van der Waals surface area contributed by atoms with E-state index in [1.165, 1.54) is 5.56 Å². The SMILES string of the molecule is COc1cccc(-c2nnc(SCc3ccccc3OC)n2-c2ccc(C)cc2)c1. The fourth-order valence-corrected chi connectivity index (χ4v) is 4.15. The highest BCUT2D eigenvalue weighted by molar-refractivity contribution is 7.98. The summed E-state index contributed by atoms with van der Waals surface area (Å²) < 4.78 is 13.0. The maximum Gasteiger partial charge on any atom is 0.196 e. The Balaban J connectivity index is 1.75. The van der Waals surface area contributed by atoms with Gasteiger partial charge < -0.3 is 9.47 Å². The van der Waals surface area contributed by atoms with E-state index in [0.717, 1.165) is 45.0 Å². The van der Waals surface area contributed by atoms with Gasteiger partial charge in [0.15, 0.2) is 11.0 Å². The molecule has 6 heteroatoms. The van der Waals surface area contributed by atoms with Crippen molar-refractivity contribution in [3.63, 3.8) is 0 Å². The summed E-state index contributed by atoms with van der Waals surface area (Å²) in [5.74, 6) is 3.17. The molecule has 5 nitrogen and oxygen atoms in total. The summed E-state index contributed by atoms with van der Waals surface area (Å²) in [5.41, 5.74) is 4.29. The number of aromatic nitrogens is 3. The van der Waals surface area contributed by atoms with Crippen molar-refractivity contribution in [1.82, 2.24) is 14.8 Å². The topological polar surface area (TPSA) is 49.2 Å². The minimum atomic E-state index is 0.728. The second-order valence-electron chi connectivity index (χ2n) is 6.81. The molecule has 0 unspecified atom stereocenters. The zero-order valence-corrected chi connectivity index (χ0v) is 18.0. The molecule has 0 aliphatic heterocycles. The quantitative estimate of drug-likeness (QED) is 0.369. The van der Waals surface area contributed by atoms with Crippen LogP contribution < -0.4 is 9.47 Å². The van der Waals surface area contributed by atoms with Crippen LogP contribution in [0.1, 0.15) is 11.1 Å². The number of rotatable bonds is 7. The second-order valence-corrected chi connectivity index (χ2v) is 7.75. The number of hydrogen-bond acceptors (Lipinski definition) is 5. The molecule has 4 rings (SSSR count). The van der Waals surface area contributed by atoms with Crippen LogP contribution in [-0.4, -0.2) is 29.0 Å². The van der Waals surface area contributed by atoms with Gasteiger partial charge in [-0.3, -0.25) is 4.57 Å². The Morgan fingerprint density at radius 1 is 0.867 bits per heavy atom. The summed E-state index contributed by atoms with van der Waals surface area (Å²) in [7, 11) is 3.36. The van der Waals surface area contributed by atoms with E-state index in [1.54, 1.807) is 26.0 Å². The van der Waals surface area contributed by atoms with Gasteiger partial charge in [-0.05, 0) is 37.3 Å². The third-order valence-electron chi connectivity index (χ3n) is 4.80. The monoisotopic (exact) mass is 417 g/mol. The highest BCUT2D eigenvalue weighted by Gasteiger charge is 2.17. The molecule has 0 saturated heterocycles. The number of hydrogen-bond donors (Lipinski definition) is 0. The minimum absolute atomic E-state index is 0.728. The molecule has 4 aromatic rings. The fourth-order valence-electron chi connectivity index (χ4n) is 3.20. The van der Waals surface area contributed by atoms with E-state index in [-0.39, 0.29) is 0 Å². The highest BCUT2D eigenvalue weighted by Crippen LogP contribution is 2.32. The molecule has 0 amide bonds. The maximum atomic E-state index is 5.49. The zero-order chi connectivity index (χ0) is 20.9. The van der Waals surface area contributed by atoms with Gasteiger partial charge in [0.1, 0.15) is 11.5 Å². The molecule has 3 aromatic carbocycles. The first kappa shape index (κ1) is 20.0. The number of para-hydroxylation sites is 1. The first-order chi connectivity index (χ1) is 14.7. The van der Waals surface area contributed by atoms with Crippen molar-refractivity contribution < 1.29 is 9.47 Å². The smallest absolute Gasteiger partial charge is 0.196 e. The molecule has 0 bridgehead atoms. The normalized spacial score (nSPS) is 10.8. The van der Waals surface area contributed by atoms with Crippen molar-refractivity contribution in [2.75, 3.05) is 14.2 Å². The summed E-state index contributed by atoms with van der Waals surface area (Å²) in [6, 6.07) is 24.3. The summed E-state index contributed by atoms with van der Waals surface area (Å²) in [5, 5.41) is 9.85. The predicted octanol–water partition coefficient (Wildman–Crippen LogP) is 5.55. The molecule has 152 valence electrons. The predicted molar refractivity (Wildman–Crippen MR) is 121 cm³/mol. The first-order valence-electron chi connectivity index (χ1n) is 9.61. The summed E-state index contributed by atoms with van der Waals surface area (Å²) in [6.45, 7) is 2.08. The van der Waals surface area contributed by atoms with Gasteiger partial charge in [0.2, 0.25) is 0 Å². The molecular formula is C24H23N3O2S. The van der Waals surface area contributed by atoms with E-state index in [4.69, 9.17) is 9.47 Å². The van der Waals surface area contributed by atoms with Crippen LogP contribution in [0.3, 0.4) is 0 Å². The molecule has 1 aromatic heterocycles. The summed E-state index contributed by atoms with van der Waals surface area (Å²) in [6.07, 6.45) is 0. The van der Waals surface area contributed by atoms with Crippen LogP contribution in [-0.2, 0) is 5.75 Å². The number of benzene rings is 3. The standard InChI is InChI=1S/C24H23N3O2S/c1-17-11-13-20(14-12-17)27-23(18-8-6-9-21(15-18)28-2)25-26-24(27)30-16-19-7-4-5-10-22(19)29-3/h4-15H,16H2,1-3H3. The van der Waals surface area contributed by atoms with Crippen molar-refractivity contribution in [2.24, 2.45) is 0 Å². The second kappa shape index (κ2) is 9.05. The Hall–Kier alpha value is -3.25. The van der Waals surface area contributed by atoms with Crippen LogP contribution in [0.25, 0.3) is 17.1 Å². The van der Waals surface area contributed by atoms with Crippen LogP contribution in [0, 0.1) is 6.92 Å². The molecule has 0 aliphatic carbocycles. The molecule has 0 atom stereocenters. The third-order valence-corrected chi connectivity index (χ3v) is 5.78. The van der Waals surface area contributed by atoms with E-state index in [9.17, 15) is 0 Å². The largest absolute Gasteiger partial charge is 0.497 e.